The van der Waals surface area contributed by atoms with Gasteiger partial charge in [0.1, 0.15) is 5.69 Å². The van der Waals surface area contributed by atoms with Crippen molar-refractivity contribution in [1.29, 1.82) is 0 Å². The Morgan fingerprint density at radius 3 is 2.70 bits per heavy atom. The molecule has 0 unspecified atom stereocenters. The molecule has 20 heavy (non-hydrogen) atoms. The lowest BCUT2D eigenvalue weighted by Crippen LogP contribution is -2.31. The SMILES string of the molecule is CCN(Cc1ccc(F)c(F)c1)C(=O)c1[nH]ncc1N. The number of hydrogen-bond acceptors (Lipinski definition) is 3. The van der Waals surface area contributed by atoms with Gasteiger partial charge in [-0.15, -0.1) is 0 Å². The minimum absolute atomic E-state index is 0.158. The van der Waals surface area contributed by atoms with Crippen LogP contribution in [0.15, 0.2) is 24.4 Å². The Bertz CT molecular complexity index is 627. The van der Waals surface area contributed by atoms with Crippen molar-refractivity contribution in [2.24, 2.45) is 0 Å². The highest BCUT2D eigenvalue weighted by atomic mass is 19.2. The minimum Gasteiger partial charge on any atom is -0.396 e. The zero-order chi connectivity index (χ0) is 14.7. The summed E-state index contributed by atoms with van der Waals surface area (Å²) in [7, 11) is 0. The van der Waals surface area contributed by atoms with Crippen molar-refractivity contribution >= 4 is 11.6 Å². The van der Waals surface area contributed by atoms with E-state index in [4.69, 9.17) is 5.73 Å². The molecule has 0 spiro atoms. The number of amides is 1. The molecule has 0 fully saturated rings. The second-order valence-electron chi connectivity index (χ2n) is 4.27. The van der Waals surface area contributed by atoms with E-state index in [2.05, 4.69) is 10.2 Å². The van der Waals surface area contributed by atoms with Crippen molar-refractivity contribution in [3.63, 3.8) is 0 Å². The maximum Gasteiger partial charge on any atom is 0.274 e. The molecule has 7 heteroatoms. The van der Waals surface area contributed by atoms with E-state index in [-0.39, 0.29) is 23.8 Å². The number of carbonyl (C=O) groups excluding carboxylic acids is 1. The summed E-state index contributed by atoms with van der Waals surface area (Å²) in [4.78, 5) is 13.7. The fourth-order valence-electron chi connectivity index (χ4n) is 1.81. The van der Waals surface area contributed by atoms with Gasteiger partial charge in [-0.1, -0.05) is 6.07 Å². The van der Waals surface area contributed by atoms with E-state index in [0.717, 1.165) is 12.1 Å². The predicted molar refractivity (Wildman–Crippen MR) is 69.8 cm³/mol. The van der Waals surface area contributed by atoms with Crippen molar-refractivity contribution in [3.05, 3.63) is 47.3 Å². The molecule has 0 saturated carbocycles. The average Bonchev–Trinajstić information content (AvgIpc) is 2.85. The van der Waals surface area contributed by atoms with Crippen LogP contribution < -0.4 is 5.73 Å². The molecule has 0 saturated heterocycles. The van der Waals surface area contributed by atoms with Crippen LogP contribution in [-0.2, 0) is 6.54 Å². The van der Waals surface area contributed by atoms with Gasteiger partial charge < -0.3 is 10.6 Å². The lowest BCUT2D eigenvalue weighted by molar-refractivity contribution is 0.0747. The zero-order valence-corrected chi connectivity index (χ0v) is 10.9. The van der Waals surface area contributed by atoms with Crippen LogP contribution in [0.1, 0.15) is 23.0 Å². The molecule has 0 aliphatic rings. The molecule has 2 rings (SSSR count). The van der Waals surface area contributed by atoms with E-state index in [1.165, 1.54) is 17.2 Å². The fourth-order valence-corrected chi connectivity index (χ4v) is 1.81. The van der Waals surface area contributed by atoms with Crippen LogP contribution in [0.5, 0.6) is 0 Å². The number of hydrogen-bond donors (Lipinski definition) is 2. The third kappa shape index (κ3) is 2.76. The molecule has 1 heterocycles. The largest absolute Gasteiger partial charge is 0.396 e. The van der Waals surface area contributed by atoms with Gasteiger partial charge in [-0.25, -0.2) is 8.78 Å². The second kappa shape index (κ2) is 5.68. The maximum absolute atomic E-state index is 13.2. The molecule has 1 amide bonds. The van der Waals surface area contributed by atoms with Gasteiger partial charge in [0.25, 0.3) is 5.91 Å². The number of anilines is 1. The number of carbonyl (C=O) groups is 1. The van der Waals surface area contributed by atoms with E-state index in [0.29, 0.717) is 12.1 Å². The van der Waals surface area contributed by atoms with E-state index < -0.39 is 11.6 Å². The molecule has 1 aromatic carbocycles. The van der Waals surface area contributed by atoms with Crippen molar-refractivity contribution < 1.29 is 13.6 Å². The first-order chi connectivity index (χ1) is 9.52. The smallest absolute Gasteiger partial charge is 0.274 e. The van der Waals surface area contributed by atoms with E-state index in [1.54, 1.807) is 6.92 Å². The van der Waals surface area contributed by atoms with Crippen molar-refractivity contribution in [2.75, 3.05) is 12.3 Å². The van der Waals surface area contributed by atoms with E-state index in [9.17, 15) is 13.6 Å². The number of halogens is 2. The van der Waals surface area contributed by atoms with Gasteiger partial charge in [0.2, 0.25) is 0 Å². The van der Waals surface area contributed by atoms with Gasteiger partial charge in [-0.2, -0.15) is 5.10 Å². The van der Waals surface area contributed by atoms with Gasteiger partial charge in [-0.3, -0.25) is 9.89 Å². The quantitative estimate of drug-likeness (QED) is 0.898. The molecule has 0 aliphatic heterocycles. The Balaban J connectivity index is 2.18. The molecule has 0 atom stereocenters. The normalized spacial score (nSPS) is 10.6. The highest BCUT2D eigenvalue weighted by Gasteiger charge is 2.19. The van der Waals surface area contributed by atoms with Crippen LogP contribution in [0.3, 0.4) is 0 Å². The third-order valence-electron chi connectivity index (χ3n) is 2.91. The van der Waals surface area contributed by atoms with Crippen LogP contribution in [0.25, 0.3) is 0 Å². The summed E-state index contributed by atoms with van der Waals surface area (Å²) < 4.78 is 26.0. The third-order valence-corrected chi connectivity index (χ3v) is 2.91. The Labute approximate surface area is 114 Å². The van der Waals surface area contributed by atoms with Crippen LogP contribution in [-0.4, -0.2) is 27.5 Å². The summed E-state index contributed by atoms with van der Waals surface area (Å²) in [6.07, 6.45) is 1.35. The van der Waals surface area contributed by atoms with Gasteiger partial charge in [0.15, 0.2) is 11.6 Å². The number of aromatic nitrogens is 2. The van der Waals surface area contributed by atoms with Gasteiger partial charge in [-0.05, 0) is 24.6 Å². The lowest BCUT2D eigenvalue weighted by atomic mass is 10.2. The maximum atomic E-state index is 13.2. The van der Waals surface area contributed by atoms with Gasteiger partial charge in [0, 0.05) is 13.1 Å². The number of rotatable bonds is 4. The molecule has 0 bridgehead atoms. The molecule has 1 aromatic heterocycles. The summed E-state index contributed by atoms with van der Waals surface area (Å²) in [5.41, 5.74) is 6.56. The average molecular weight is 280 g/mol. The number of benzene rings is 1. The van der Waals surface area contributed by atoms with E-state index in [1.807, 2.05) is 0 Å². The highest BCUT2D eigenvalue weighted by molar-refractivity contribution is 5.96. The van der Waals surface area contributed by atoms with Crippen LogP contribution >= 0.6 is 0 Å². The Morgan fingerprint density at radius 1 is 1.40 bits per heavy atom. The van der Waals surface area contributed by atoms with Crippen molar-refractivity contribution in [3.8, 4) is 0 Å². The first kappa shape index (κ1) is 14.0. The fraction of sp³-hybridized carbons (Fsp3) is 0.231. The minimum atomic E-state index is -0.938. The Morgan fingerprint density at radius 2 is 2.15 bits per heavy atom. The summed E-state index contributed by atoms with van der Waals surface area (Å²) in [5.74, 6) is -2.19. The number of nitrogens with one attached hydrogen (secondary N) is 1. The summed E-state index contributed by atoms with van der Waals surface area (Å²) in [6, 6.07) is 3.54. The van der Waals surface area contributed by atoms with Crippen LogP contribution in [0.2, 0.25) is 0 Å². The summed E-state index contributed by atoms with van der Waals surface area (Å²) >= 11 is 0. The molecule has 3 N–H and O–H groups in total. The first-order valence-electron chi connectivity index (χ1n) is 6.05. The Kier molecular flexibility index (Phi) is 3.97. The zero-order valence-electron chi connectivity index (χ0n) is 10.9. The number of aromatic amines is 1. The first-order valence-corrected chi connectivity index (χ1v) is 6.05. The number of nitrogens with two attached hydrogens (primary N) is 1. The number of H-pyrrole nitrogens is 1. The molecular formula is C13H14F2N4O. The predicted octanol–water partition coefficient (Wildman–Crippen LogP) is 1.93. The molecule has 5 nitrogen and oxygen atoms in total. The number of nitrogen functional groups attached to an aromatic ring is 1. The molecular weight excluding hydrogens is 266 g/mol. The number of nitrogens with zero attached hydrogens (tertiary/aromatic N) is 2. The molecule has 106 valence electrons. The standard InChI is InChI=1S/C13H14F2N4O/c1-2-19(13(20)12-11(16)6-17-18-12)7-8-3-4-9(14)10(15)5-8/h3-6H,2,7,16H2,1H3,(H,17,18). The van der Waals surface area contributed by atoms with Gasteiger partial charge >= 0.3 is 0 Å². The van der Waals surface area contributed by atoms with Gasteiger partial charge in [0.05, 0.1) is 11.9 Å². The molecule has 2 aromatic rings. The van der Waals surface area contributed by atoms with Crippen molar-refractivity contribution in [1.82, 2.24) is 15.1 Å². The Hall–Kier alpha value is -2.44. The highest BCUT2D eigenvalue weighted by Crippen LogP contribution is 2.15. The van der Waals surface area contributed by atoms with E-state index >= 15 is 0 Å². The topological polar surface area (TPSA) is 75.0 Å². The summed E-state index contributed by atoms with van der Waals surface area (Å²) in [6.45, 7) is 2.34. The molecule has 0 radical (unpaired) electrons. The van der Waals surface area contributed by atoms with Crippen LogP contribution in [0, 0.1) is 11.6 Å². The van der Waals surface area contributed by atoms with Crippen molar-refractivity contribution in [2.45, 2.75) is 13.5 Å². The second-order valence-corrected chi connectivity index (χ2v) is 4.27. The van der Waals surface area contributed by atoms with Crippen LogP contribution in [0.4, 0.5) is 14.5 Å². The molecule has 0 aliphatic carbocycles. The lowest BCUT2D eigenvalue weighted by Gasteiger charge is -2.20. The summed E-state index contributed by atoms with van der Waals surface area (Å²) in [5, 5.41) is 6.21. The monoisotopic (exact) mass is 280 g/mol.